The third-order valence-electron chi connectivity index (χ3n) is 2.63. The SMILES string of the molecule is CC(C)OCC(O)CNC(C)c1cccc(F)c1. The van der Waals surface area contributed by atoms with Crippen molar-refractivity contribution < 1.29 is 14.2 Å². The minimum atomic E-state index is -0.552. The Bertz CT molecular complexity index is 357. The number of aliphatic hydroxyl groups excluding tert-OH is 1. The third-order valence-corrected chi connectivity index (χ3v) is 2.63. The fourth-order valence-electron chi connectivity index (χ4n) is 1.57. The van der Waals surface area contributed by atoms with Crippen molar-refractivity contribution in [1.82, 2.24) is 5.32 Å². The molecule has 0 saturated heterocycles. The number of rotatable bonds is 7. The maximum atomic E-state index is 13.0. The molecule has 18 heavy (non-hydrogen) atoms. The van der Waals surface area contributed by atoms with Gasteiger partial charge in [0, 0.05) is 12.6 Å². The normalized spacial score (nSPS) is 14.8. The van der Waals surface area contributed by atoms with Crippen molar-refractivity contribution in [2.24, 2.45) is 0 Å². The van der Waals surface area contributed by atoms with Crippen LogP contribution in [0.15, 0.2) is 24.3 Å². The van der Waals surface area contributed by atoms with Crippen LogP contribution in [0.4, 0.5) is 4.39 Å². The summed E-state index contributed by atoms with van der Waals surface area (Å²) >= 11 is 0. The summed E-state index contributed by atoms with van der Waals surface area (Å²) in [4.78, 5) is 0. The van der Waals surface area contributed by atoms with Gasteiger partial charge in [0.05, 0.1) is 18.8 Å². The molecule has 0 aliphatic rings. The molecule has 1 aromatic rings. The van der Waals surface area contributed by atoms with Gasteiger partial charge in [0.25, 0.3) is 0 Å². The second-order valence-corrected chi connectivity index (χ2v) is 4.72. The molecule has 2 atom stereocenters. The van der Waals surface area contributed by atoms with Crippen LogP contribution in [0, 0.1) is 5.82 Å². The van der Waals surface area contributed by atoms with Gasteiger partial charge < -0.3 is 15.2 Å². The maximum absolute atomic E-state index is 13.0. The standard InChI is InChI=1S/C14H22FNO2/c1-10(2)18-9-14(17)8-16-11(3)12-5-4-6-13(15)7-12/h4-7,10-11,14,16-17H,8-9H2,1-3H3. The van der Waals surface area contributed by atoms with Crippen molar-refractivity contribution in [3.63, 3.8) is 0 Å². The first-order chi connectivity index (χ1) is 8.49. The zero-order valence-electron chi connectivity index (χ0n) is 11.2. The van der Waals surface area contributed by atoms with Gasteiger partial charge in [0.15, 0.2) is 0 Å². The maximum Gasteiger partial charge on any atom is 0.123 e. The number of halogens is 1. The first-order valence-electron chi connectivity index (χ1n) is 6.27. The van der Waals surface area contributed by atoms with Crippen molar-refractivity contribution in [1.29, 1.82) is 0 Å². The van der Waals surface area contributed by atoms with Crippen LogP contribution < -0.4 is 5.32 Å². The Balaban J connectivity index is 2.34. The van der Waals surface area contributed by atoms with Crippen LogP contribution in [0.25, 0.3) is 0 Å². The predicted molar refractivity (Wildman–Crippen MR) is 69.9 cm³/mol. The average Bonchev–Trinajstić information content (AvgIpc) is 2.33. The van der Waals surface area contributed by atoms with Crippen molar-refractivity contribution in [2.75, 3.05) is 13.2 Å². The van der Waals surface area contributed by atoms with Crippen LogP contribution in [0.1, 0.15) is 32.4 Å². The van der Waals surface area contributed by atoms with Crippen molar-refractivity contribution in [3.05, 3.63) is 35.6 Å². The van der Waals surface area contributed by atoms with Crippen LogP contribution in [0.2, 0.25) is 0 Å². The van der Waals surface area contributed by atoms with E-state index in [0.717, 1.165) is 5.56 Å². The van der Waals surface area contributed by atoms with Crippen molar-refractivity contribution in [2.45, 2.75) is 39.0 Å². The van der Waals surface area contributed by atoms with E-state index < -0.39 is 6.10 Å². The zero-order valence-corrected chi connectivity index (χ0v) is 11.2. The van der Waals surface area contributed by atoms with Gasteiger partial charge in [-0.05, 0) is 38.5 Å². The smallest absolute Gasteiger partial charge is 0.123 e. The number of aliphatic hydroxyl groups is 1. The average molecular weight is 255 g/mol. The molecule has 1 rings (SSSR count). The van der Waals surface area contributed by atoms with Gasteiger partial charge in [-0.2, -0.15) is 0 Å². The molecule has 0 saturated carbocycles. The van der Waals surface area contributed by atoms with E-state index in [-0.39, 0.29) is 18.0 Å². The summed E-state index contributed by atoms with van der Waals surface area (Å²) in [6, 6.07) is 6.45. The fraction of sp³-hybridized carbons (Fsp3) is 0.571. The first kappa shape index (κ1) is 15.1. The number of hydrogen-bond donors (Lipinski definition) is 2. The molecule has 0 spiro atoms. The highest BCUT2D eigenvalue weighted by Gasteiger charge is 2.10. The molecule has 0 aliphatic heterocycles. The van der Waals surface area contributed by atoms with Gasteiger partial charge in [-0.3, -0.25) is 0 Å². The fourth-order valence-corrected chi connectivity index (χ4v) is 1.57. The molecular weight excluding hydrogens is 233 g/mol. The van der Waals surface area contributed by atoms with Gasteiger partial charge in [0.2, 0.25) is 0 Å². The van der Waals surface area contributed by atoms with E-state index in [0.29, 0.717) is 13.2 Å². The number of ether oxygens (including phenoxy) is 1. The lowest BCUT2D eigenvalue weighted by molar-refractivity contribution is 0.00560. The monoisotopic (exact) mass is 255 g/mol. The van der Waals surface area contributed by atoms with Gasteiger partial charge in [-0.15, -0.1) is 0 Å². The summed E-state index contributed by atoms with van der Waals surface area (Å²) < 4.78 is 18.3. The number of nitrogens with one attached hydrogen (secondary N) is 1. The Morgan fingerprint density at radius 2 is 2.06 bits per heavy atom. The van der Waals surface area contributed by atoms with Gasteiger partial charge in [-0.25, -0.2) is 4.39 Å². The molecule has 1 aromatic carbocycles. The van der Waals surface area contributed by atoms with E-state index in [4.69, 9.17) is 4.74 Å². The van der Waals surface area contributed by atoms with Crippen LogP contribution in [0.3, 0.4) is 0 Å². The molecule has 0 aliphatic carbocycles. The number of hydrogen-bond acceptors (Lipinski definition) is 3. The lowest BCUT2D eigenvalue weighted by Gasteiger charge is -2.18. The summed E-state index contributed by atoms with van der Waals surface area (Å²) in [6.07, 6.45) is -0.441. The molecule has 2 unspecified atom stereocenters. The summed E-state index contributed by atoms with van der Waals surface area (Å²) in [5.41, 5.74) is 0.868. The summed E-state index contributed by atoms with van der Waals surface area (Å²) in [5.74, 6) is -0.246. The van der Waals surface area contributed by atoms with Crippen LogP contribution in [0.5, 0.6) is 0 Å². The molecule has 0 amide bonds. The second-order valence-electron chi connectivity index (χ2n) is 4.72. The van der Waals surface area contributed by atoms with Crippen LogP contribution in [-0.4, -0.2) is 30.5 Å². The van der Waals surface area contributed by atoms with Gasteiger partial charge in [0.1, 0.15) is 5.82 Å². The summed E-state index contributed by atoms with van der Waals surface area (Å²) in [6.45, 7) is 6.51. The van der Waals surface area contributed by atoms with Crippen LogP contribution >= 0.6 is 0 Å². The highest BCUT2D eigenvalue weighted by molar-refractivity contribution is 5.19. The minimum Gasteiger partial charge on any atom is -0.389 e. The molecular formula is C14H22FNO2. The Kier molecular flexibility index (Phi) is 6.25. The van der Waals surface area contributed by atoms with E-state index in [1.165, 1.54) is 12.1 Å². The van der Waals surface area contributed by atoms with Gasteiger partial charge >= 0.3 is 0 Å². The molecule has 0 fully saturated rings. The molecule has 2 N–H and O–H groups in total. The quantitative estimate of drug-likeness (QED) is 0.785. The number of benzene rings is 1. The zero-order chi connectivity index (χ0) is 13.5. The largest absolute Gasteiger partial charge is 0.389 e. The topological polar surface area (TPSA) is 41.5 Å². The second kappa shape index (κ2) is 7.46. The molecule has 0 aromatic heterocycles. The van der Waals surface area contributed by atoms with Crippen molar-refractivity contribution in [3.8, 4) is 0 Å². The van der Waals surface area contributed by atoms with E-state index in [1.54, 1.807) is 6.07 Å². The lowest BCUT2D eigenvalue weighted by atomic mass is 10.1. The van der Waals surface area contributed by atoms with E-state index in [2.05, 4.69) is 5.32 Å². The highest BCUT2D eigenvalue weighted by atomic mass is 19.1. The Labute approximate surface area is 108 Å². The van der Waals surface area contributed by atoms with Gasteiger partial charge in [-0.1, -0.05) is 12.1 Å². The van der Waals surface area contributed by atoms with Crippen LogP contribution in [-0.2, 0) is 4.74 Å². The Hall–Kier alpha value is -0.970. The summed E-state index contributed by atoms with van der Waals surface area (Å²) in [5, 5.41) is 12.8. The molecule has 0 heterocycles. The lowest BCUT2D eigenvalue weighted by Crippen LogP contribution is -2.32. The Morgan fingerprint density at radius 3 is 2.67 bits per heavy atom. The predicted octanol–water partition coefficient (Wildman–Crippen LogP) is 2.26. The molecule has 4 heteroatoms. The molecule has 0 radical (unpaired) electrons. The van der Waals surface area contributed by atoms with Crippen molar-refractivity contribution >= 4 is 0 Å². The molecule has 0 bridgehead atoms. The highest BCUT2D eigenvalue weighted by Crippen LogP contribution is 2.13. The Morgan fingerprint density at radius 1 is 1.33 bits per heavy atom. The minimum absolute atomic E-state index is 0.00519. The first-order valence-corrected chi connectivity index (χ1v) is 6.27. The van der Waals surface area contributed by atoms with E-state index in [9.17, 15) is 9.50 Å². The molecule has 102 valence electrons. The van der Waals surface area contributed by atoms with E-state index in [1.807, 2.05) is 26.8 Å². The summed E-state index contributed by atoms with van der Waals surface area (Å²) in [7, 11) is 0. The third kappa shape index (κ3) is 5.58. The van der Waals surface area contributed by atoms with E-state index >= 15 is 0 Å². The molecule has 3 nitrogen and oxygen atoms in total.